The minimum absolute atomic E-state index is 0.0595. The Balaban J connectivity index is 2.61. The predicted octanol–water partition coefficient (Wildman–Crippen LogP) is 1.79. The maximum absolute atomic E-state index is 11.5. The summed E-state index contributed by atoms with van der Waals surface area (Å²) in [5.41, 5.74) is 4.74. The highest BCUT2D eigenvalue weighted by Gasteiger charge is 2.08. The number of amides is 2. The molecule has 0 aliphatic rings. The van der Waals surface area contributed by atoms with Crippen molar-refractivity contribution in [1.29, 1.82) is 0 Å². The summed E-state index contributed by atoms with van der Waals surface area (Å²) in [6.07, 6.45) is 0. The largest absolute Gasteiger partial charge is 0.394 e. The Hall–Kier alpha value is -1.55. The molecule has 0 radical (unpaired) electrons. The van der Waals surface area contributed by atoms with Crippen LogP contribution in [0.1, 0.15) is 29.2 Å². The molecule has 0 spiro atoms. The quantitative estimate of drug-likeness (QED) is 0.763. The van der Waals surface area contributed by atoms with E-state index in [1.54, 1.807) is 6.92 Å². The summed E-state index contributed by atoms with van der Waals surface area (Å²) in [7, 11) is 0. The summed E-state index contributed by atoms with van der Waals surface area (Å²) < 4.78 is 0. The molecule has 2 amide bonds. The number of carbonyl (C=O) groups excluding carboxylic acids is 1. The van der Waals surface area contributed by atoms with Gasteiger partial charge >= 0.3 is 6.03 Å². The van der Waals surface area contributed by atoms with Crippen LogP contribution >= 0.6 is 0 Å². The molecule has 0 bridgehead atoms. The number of hydrogen-bond acceptors (Lipinski definition) is 2. The van der Waals surface area contributed by atoms with Gasteiger partial charge in [0.25, 0.3) is 0 Å². The van der Waals surface area contributed by atoms with Gasteiger partial charge in [0.2, 0.25) is 0 Å². The maximum Gasteiger partial charge on any atom is 0.315 e. The van der Waals surface area contributed by atoms with Crippen LogP contribution in [0.25, 0.3) is 0 Å². The first-order valence-electron chi connectivity index (χ1n) is 6.16. The van der Waals surface area contributed by atoms with Crippen molar-refractivity contribution in [3.05, 3.63) is 34.4 Å². The first-order valence-corrected chi connectivity index (χ1v) is 6.16. The van der Waals surface area contributed by atoms with Crippen LogP contribution in [0.15, 0.2) is 12.1 Å². The molecule has 0 aliphatic carbocycles. The zero-order valence-corrected chi connectivity index (χ0v) is 11.5. The van der Waals surface area contributed by atoms with E-state index in [1.807, 2.05) is 13.8 Å². The standard InChI is InChI=1S/C14H22N2O2/c1-9-5-10(2)13(11(3)6-9)7-15-14(18)16-12(4)8-17/h5-6,12,17H,7-8H2,1-4H3,(H2,15,16,18)/t12-/m0/s1. The molecule has 0 unspecified atom stereocenters. The number of aliphatic hydroxyl groups excluding tert-OH is 1. The van der Waals surface area contributed by atoms with Gasteiger partial charge in [-0.05, 0) is 44.4 Å². The Labute approximate surface area is 108 Å². The Morgan fingerprint density at radius 1 is 1.28 bits per heavy atom. The van der Waals surface area contributed by atoms with Crippen LogP contribution in [0.4, 0.5) is 4.79 Å². The SMILES string of the molecule is Cc1cc(C)c(CNC(=O)N[C@@H](C)CO)c(C)c1. The summed E-state index contributed by atoms with van der Waals surface area (Å²) in [6, 6.07) is 3.73. The molecule has 1 aromatic rings. The van der Waals surface area contributed by atoms with Crippen LogP contribution in [0.3, 0.4) is 0 Å². The van der Waals surface area contributed by atoms with E-state index in [2.05, 4.69) is 29.7 Å². The second kappa shape index (κ2) is 6.40. The molecule has 100 valence electrons. The topological polar surface area (TPSA) is 61.4 Å². The lowest BCUT2D eigenvalue weighted by atomic mass is 10.00. The number of nitrogens with one attached hydrogen (secondary N) is 2. The van der Waals surface area contributed by atoms with E-state index < -0.39 is 0 Å². The normalized spacial score (nSPS) is 12.1. The van der Waals surface area contributed by atoms with E-state index in [-0.39, 0.29) is 18.7 Å². The van der Waals surface area contributed by atoms with E-state index >= 15 is 0 Å². The van der Waals surface area contributed by atoms with Crippen molar-refractivity contribution in [2.45, 2.75) is 40.3 Å². The zero-order chi connectivity index (χ0) is 13.7. The smallest absolute Gasteiger partial charge is 0.315 e. The van der Waals surface area contributed by atoms with Crippen molar-refractivity contribution < 1.29 is 9.90 Å². The van der Waals surface area contributed by atoms with E-state index in [4.69, 9.17) is 5.11 Å². The van der Waals surface area contributed by atoms with E-state index in [9.17, 15) is 4.79 Å². The van der Waals surface area contributed by atoms with E-state index in [1.165, 1.54) is 16.7 Å². The Morgan fingerprint density at radius 3 is 2.33 bits per heavy atom. The minimum atomic E-state index is -0.254. The molecule has 0 fully saturated rings. The van der Waals surface area contributed by atoms with Crippen molar-refractivity contribution in [2.75, 3.05) is 6.61 Å². The summed E-state index contributed by atoms with van der Waals surface area (Å²) in [4.78, 5) is 11.5. The Kier molecular flexibility index (Phi) is 5.16. The fraction of sp³-hybridized carbons (Fsp3) is 0.500. The molecule has 18 heavy (non-hydrogen) atoms. The van der Waals surface area contributed by atoms with Crippen molar-refractivity contribution in [3.63, 3.8) is 0 Å². The lowest BCUT2D eigenvalue weighted by Crippen LogP contribution is -2.42. The zero-order valence-electron chi connectivity index (χ0n) is 11.5. The van der Waals surface area contributed by atoms with Gasteiger partial charge in [0.05, 0.1) is 12.6 Å². The number of benzene rings is 1. The van der Waals surface area contributed by atoms with Crippen molar-refractivity contribution >= 4 is 6.03 Å². The maximum atomic E-state index is 11.5. The second-order valence-electron chi connectivity index (χ2n) is 4.79. The molecule has 1 atom stereocenters. The van der Waals surface area contributed by atoms with Gasteiger partial charge in [0.1, 0.15) is 0 Å². The molecule has 0 saturated carbocycles. The summed E-state index contributed by atoms with van der Waals surface area (Å²) in [5, 5.41) is 14.3. The van der Waals surface area contributed by atoms with Crippen LogP contribution in [0.5, 0.6) is 0 Å². The van der Waals surface area contributed by atoms with Gasteiger partial charge in [-0.3, -0.25) is 0 Å². The van der Waals surface area contributed by atoms with Gasteiger partial charge in [0, 0.05) is 6.54 Å². The minimum Gasteiger partial charge on any atom is -0.394 e. The molecule has 1 aromatic carbocycles. The van der Waals surface area contributed by atoms with Crippen molar-refractivity contribution in [3.8, 4) is 0 Å². The molecule has 0 saturated heterocycles. The molecule has 4 heteroatoms. The summed E-state index contributed by atoms with van der Waals surface area (Å²) in [6.45, 7) is 8.35. The van der Waals surface area contributed by atoms with Crippen molar-refractivity contribution in [1.82, 2.24) is 10.6 Å². The Morgan fingerprint density at radius 2 is 1.83 bits per heavy atom. The van der Waals surface area contributed by atoms with Gasteiger partial charge in [-0.2, -0.15) is 0 Å². The fourth-order valence-electron chi connectivity index (χ4n) is 1.98. The molecular weight excluding hydrogens is 228 g/mol. The number of rotatable bonds is 4. The number of aliphatic hydroxyl groups is 1. The van der Waals surface area contributed by atoms with Gasteiger partial charge in [0.15, 0.2) is 0 Å². The number of hydrogen-bond donors (Lipinski definition) is 3. The monoisotopic (exact) mass is 250 g/mol. The average molecular weight is 250 g/mol. The molecule has 3 N–H and O–H groups in total. The Bertz CT molecular complexity index is 407. The molecule has 1 rings (SSSR count). The van der Waals surface area contributed by atoms with Crippen LogP contribution in [0.2, 0.25) is 0 Å². The third-order valence-corrected chi connectivity index (χ3v) is 2.92. The average Bonchev–Trinajstić information content (AvgIpc) is 2.27. The van der Waals surface area contributed by atoms with Crippen molar-refractivity contribution in [2.24, 2.45) is 0 Å². The van der Waals surface area contributed by atoms with Crippen LogP contribution < -0.4 is 10.6 Å². The third kappa shape index (κ3) is 4.04. The van der Waals surface area contributed by atoms with Crippen LogP contribution in [-0.2, 0) is 6.54 Å². The van der Waals surface area contributed by atoms with Gasteiger partial charge in [-0.15, -0.1) is 0 Å². The first-order chi connectivity index (χ1) is 8.43. The molecule has 0 aromatic heterocycles. The highest BCUT2D eigenvalue weighted by atomic mass is 16.3. The van der Waals surface area contributed by atoms with E-state index in [0.717, 1.165) is 5.56 Å². The fourth-order valence-corrected chi connectivity index (χ4v) is 1.98. The van der Waals surface area contributed by atoms with Gasteiger partial charge in [-0.25, -0.2) is 4.79 Å². The van der Waals surface area contributed by atoms with Gasteiger partial charge < -0.3 is 15.7 Å². The summed E-state index contributed by atoms with van der Waals surface area (Å²) >= 11 is 0. The molecule has 4 nitrogen and oxygen atoms in total. The molecular formula is C14H22N2O2. The lowest BCUT2D eigenvalue weighted by Gasteiger charge is -2.15. The van der Waals surface area contributed by atoms with E-state index in [0.29, 0.717) is 6.54 Å². The van der Waals surface area contributed by atoms with Gasteiger partial charge in [-0.1, -0.05) is 17.7 Å². The summed E-state index contributed by atoms with van der Waals surface area (Å²) in [5.74, 6) is 0. The van der Waals surface area contributed by atoms with Crippen LogP contribution in [0, 0.1) is 20.8 Å². The first kappa shape index (κ1) is 14.5. The second-order valence-corrected chi connectivity index (χ2v) is 4.79. The lowest BCUT2D eigenvalue weighted by molar-refractivity contribution is 0.220. The highest BCUT2D eigenvalue weighted by molar-refractivity contribution is 5.74. The predicted molar refractivity (Wildman–Crippen MR) is 72.6 cm³/mol. The number of urea groups is 1. The molecule has 0 aliphatic heterocycles. The van der Waals surface area contributed by atoms with Crippen LogP contribution in [-0.4, -0.2) is 23.8 Å². The highest BCUT2D eigenvalue weighted by Crippen LogP contribution is 2.15. The third-order valence-electron chi connectivity index (χ3n) is 2.92. The number of aryl methyl sites for hydroxylation is 3. The number of carbonyl (C=O) groups is 1. The molecule has 0 heterocycles.